The number of fused-ring (bicyclic) bond motifs is 1. The van der Waals surface area contributed by atoms with Crippen LogP contribution >= 0.6 is 0 Å². The molecule has 1 atom stereocenters. The number of rotatable bonds is 5. The number of amides is 1. The summed E-state index contributed by atoms with van der Waals surface area (Å²) in [6.07, 6.45) is 6.58. The van der Waals surface area contributed by atoms with Crippen LogP contribution in [0.15, 0.2) is 55.0 Å². The predicted molar refractivity (Wildman–Crippen MR) is 120 cm³/mol. The summed E-state index contributed by atoms with van der Waals surface area (Å²) in [5.41, 5.74) is 3.24. The van der Waals surface area contributed by atoms with Crippen LogP contribution < -0.4 is 0 Å². The molecule has 2 fully saturated rings. The molecular formula is C25H24FN5O. The monoisotopic (exact) mass is 429 g/mol. The van der Waals surface area contributed by atoms with E-state index < -0.39 is 0 Å². The molecule has 1 N–H and O–H groups in total. The van der Waals surface area contributed by atoms with E-state index in [1.165, 1.54) is 0 Å². The Bertz CT molecular complexity index is 1300. The molecule has 2 aliphatic rings. The second-order valence-electron chi connectivity index (χ2n) is 8.99. The molecule has 1 amide bonds. The van der Waals surface area contributed by atoms with Gasteiger partial charge in [0.05, 0.1) is 5.56 Å². The number of likely N-dealkylation sites (tertiary alicyclic amines) is 1. The number of aromatic nitrogens is 4. The molecular weight excluding hydrogens is 405 g/mol. The highest BCUT2D eigenvalue weighted by molar-refractivity contribution is 5.85. The van der Waals surface area contributed by atoms with E-state index in [-0.39, 0.29) is 11.7 Å². The number of nitrogens with one attached hydrogen (secondary N) is 1. The highest BCUT2D eigenvalue weighted by atomic mass is 19.1. The van der Waals surface area contributed by atoms with E-state index in [0.717, 1.165) is 54.4 Å². The number of halogens is 1. The van der Waals surface area contributed by atoms with Gasteiger partial charge >= 0.3 is 0 Å². The summed E-state index contributed by atoms with van der Waals surface area (Å²) in [6, 6.07) is 13.3. The summed E-state index contributed by atoms with van der Waals surface area (Å²) in [7, 11) is 0. The van der Waals surface area contributed by atoms with Gasteiger partial charge in [0.2, 0.25) is 5.91 Å². The van der Waals surface area contributed by atoms with Gasteiger partial charge in [0, 0.05) is 37.3 Å². The topological polar surface area (TPSA) is 66.8 Å². The number of aromatic amines is 1. The van der Waals surface area contributed by atoms with Gasteiger partial charge in [-0.2, -0.15) is 0 Å². The maximum Gasteiger partial charge on any atom is 0.225 e. The van der Waals surface area contributed by atoms with Crippen molar-refractivity contribution in [2.45, 2.75) is 25.8 Å². The third kappa shape index (κ3) is 3.47. The molecule has 162 valence electrons. The van der Waals surface area contributed by atoms with Crippen LogP contribution in [0.5, 0.6) is 0 Å². The minimum absolute atomic E-state index is 0.254. The van der Waals surface area contributed by atoms with Crippen molar-refractivity contribution in [3.63, 3.8) is 0 Å². The van der Waals surface area contributed by atoms with Crippen LogP contribution in [-0.2, 0) is 11.3 Å². The van der Waals surface area contributed by atoms with Gasteiger partial charge in [-0.25, -0.2) is 4.39 Å². The molecule has 32 heavy (non-hydrogen) atoms. The van der Waals surface area contributed by atoms with Crippen LogP contribution in [0.1, 0.15) is 19.3 Å². The van der Waals surface area contributed by atoms with E-state index in [1.54, 1.807) is 18.5 Å². The SMILES string of the molecule is O=C(C1CC1)N1CC[C@@H](Cn2cnnc2-c2ccc(-c3ccc4cc[nH]c4c3)cc2F)C1. The van der Waals surface area contributed by atoms with Gasteiger partial charge in [0.25, 0.3) is 0 Å². The lowest BCUT2D eigenvalue weighted by atomic mass is 10.0. The van der Waals surface area contributed by atoms with Crippen molar-refractivity contribution in [2.75, 3.05) is 13.1 Å². The van der Waals surface area contributed by atoms with Gasteiger partial charge in [-0.05, 0) is 66.0 Å². The molecule has 6 nitrogen and oxygen atoms in total. The van der Waals surface area contributed by atoms with Gasteiger partial charge in [0.15, 0.2) is 5.82 Å². The molecule has 1 saturated heterocycles. The van der Waals surface area contributed by atoms with Crippen LogP contribution in [0.25, 0.3) is 33.4 Å². The van der Waals surface area contributed by atoms with Gasteiger partial charge in [-0.3, -0.25) is 4.79 Å². The van der Waals surface area contributed by atoms with Crippen molar-refractivity contribution in [1.29, 1.82) is 0 Å². The highest BCUT2D eigenvalue weighted by Crippen LogP contribution is 2.34. The molecule has 2 aromatic heterocycles. The molecule has 1 aliphatic heterocycles. The molecule has 0 radical (unpaired) electrons. The van der Waals surface area contributed by atoms with Crippen molar-refractivity contribution >= 4 is 16.8 Å². The first-order chi connectivity index (χ1) is 15.7. The standard InChI is InChI=1S/C25H24FN5O/c26-22-11-19(20-4-1-17-7-9-27-23(17)12-20)5-6-21(22)24-29-28-15-31(24)14-16-8-10-30(13-16)25(32)18-2-3-18/h1,4-7,9,11-12,15-16,18,27H,2-3,8,10,13-14H2/t16-/m1/s1. The Hall–Kier alpha value is -3.48. The number of carbonyl (C=O) groups excluding carboxylic acids is 1. The summed E-state index contributed by atoms with van der Waals surface area (Å²) in [5.74, 6) is 1.10. The van der Waals surface area contributed by atoms with Crippen molar-refractivity contribution < 1.29 is 9.18 Å². The second-order valence-corrected chi connectivity index (χ2v) is 8.99. The Morgan fingerprint density at radius 3 is 2.78 bits per heavy atom. The Morgan fingerprint density at radius 2 is 1.94 bits per heavy atom. The third-order valence-electron chi connectivity index (χ3n) is 6.69. The van der Waals surface area contributed by atoms with Gasteiger partial charge in [-0.15, -0.1) is 10.2 Å². The zero-order valence-corrected chi connectivity index (χ0v) is 17.7. The Morgan fingerprint density at radius 1 is 1.09 bits per heavy atom. The molecule has 7 heteroatoms. The first kappa shape index (κ1) is 19.2. The number of carbonyl (C=O) groups is 1. The maximum absolute atomic E-state index is 15.2. The average molecular weight is 429 g/mol. The van der Waals surface area contributed by atoms with Gasteiger partial charge < -0.3 is 14.5 Å². The van der Waals surface area contributed by atoms with Crippen LogP contribution in [-0.4, -0.2) is 43.6 Å². The first-order valence-electron chi connectivity index (χ1n) is 11.2. The van der Waals surface area contributed by atoms with Crippen molar-refractivity contribution in [1.82, 2.24) is 24.6 Å². The van der Waals surface area contributed by atoms with E-state index >= 15 is 4.39 Å². The normalized spacial score (nSPS) is 18.5. The molecule has 1 aliphatic carbocycles. The molecule has 0 bridgehead atoms. The van der Waals surface area contributed by atoms with Gasteiger partial charge in [-0.1, -0.05) is 18.2 Å². The molecule has 4 aromatic rings. The predicted octanol–water partition coefficient (Wildman–Crippen LogP) is 4.49. The quantitative estimate of drug-likeness (QED) is 0.508. The Balaban J connectivity index is 1.22. The molecule has 6 rings (SSSR count). The van der Waals surface area contributed by atoms with E-state index in [4.69, 9.17) is 0 Å². The smallest absolute Gasteiger partial charge is 0.225 e. The van der Waals surface area contributed by atoms with Crippen molar-refractivity contribution in [3.8, 4) is 22.5 Å². The summed E-state index contributed by atoms with van der Waals surface area (Å²) in [4.78, 5) is 17.5. The minimum atomic E-state index is -0.319. The van der Waals surface area contributed by atoms with Crippen molar-refractivity contribution in [3.05, 3.63) is 60.8 Å². The highest BCUT2D eigenvalue weighted by Gasteiger charge is 2.36. The van der Waals surface area contributed by atoms with Crippen LogP contribution in [0.4, 0.5) is 4.39 Å². The van der Waals surface area contributed by atoms with E-state index in [1.807, 2.05) is 46.0 Å². The summed E-state index contributed by atoms with van der Waals surface area (Å²) >= 11 is 0. The maximum atomic E-state index is 15.2. The second kappa shape index (κ2) is 7.58. The number of H-pyrrole nitrogens is 1. The van der Waals surface area contributed by atoms with E-state index in [2.05, 4.69) is 15.2 Å². The largest absolute Gasteiger partial charge is 0.361 e. The number of nitrogens with zero attached hydrogens (tertiary/aromatic N) is 4. The van der Waals surface area contributed by atoms with Crippen LogP contribution in [0.2, 0.25) is 0 Å². The molecule has 3 heterocycles. The number of hydrogen-bond acceptors (Lipinski definition) is 3. The fourth-order valence-electron chi connectivity index (χ4n) is 4.75. The number of benzene rings is 2. The number of hydrogen-bond donors (Lipinski definition) is 1. The Kier molecular flexibility index (Phi) is 4.56. The fraction of sp³-hybridized carbons (Fsp3) is 0.320. The first-order valence-corrected chi connectivity index (χ1v) is 11.2. The van der Waals surface area contributed by atoms with Gasteiger partial charge in [0.1, 0.15) is 12.1 Å². The third-order valence-corrected chi connectivity index (χ3v) is 6.69. The van der Waals surface area contributed by atoms with E-state index in [0.29, 0.717) is 29.8 Å². The van der Waals surface area contributed by atoms with Crippen molar-refractivity contribution in [2.24, 2.45) is 11.8 Å². The lowest BCUT2D eigenvalue weighted by Gasteiger charge is -2.17. The molecule has 0 spiro atoms. The fourth-order valence-corrected chi connectivity index (χ4v) is 4.75. The summed E-state index contributed by atoms with van der Waals surface area (Å²) in [5, 5.41) is 9.38. The van der Waals surface area contributed by atoms with E-state index in [9.17, 15) is 4.79 Å². The Labute approximate surface area is 185 Å². The molecule has 2 aromatic carbocycles. The molecule has 1 saturated carbocycles. The molecule has 0 unspecified atom stereocenters. The van der Waals surface area contributed by atoms with Crippen LogP contribution in [0, 0.1) is 17.7 Å². The zero-order valence-electron chi connectivity index (χ0n) is 17.7. The van der Waals surface area contributed by atoms with Crippen LogP contribution in [0.3, 0.4) is 0 Å². The lowest BCUT2D eigenvalue weighted by Crippen LogP contribution is -2.30. The zero-order chi connectivity index (χ0) is 21.7. The average Bonchev–Trinajstić information content (AvgIpc) is 3.17. The summed E-state index contributed by atoms with van der Waals surface area (Å²) < 4.78 is 17.1. The summed E-state index contributed by atoms with van der Waals surface area (Å²) in [6.45, 7) is 2.25. The minimum Gasteiger partial charge on any atom is -0.361 e. The lowest BCUT2D eigenvalue weighted by molar-refractivity contribution is -0.131.